The normalized spacial score (nSPS) is 12.4. The molecule has 0 saturated heterocycles. The van der Waals surface area contributed by atoms with Crippen LogP contribution in [-0.2, 0) is 10.1 Å². The van der Waals surface area contributed by atoms with Crippen molar-refractivity contribution >= 4 is 21.1 Å². The summed E-state index contributed by atoms with van der Waals surface area (Å²) in [5.74, 6) is -0.508. The van der Waals surface area contributed by atoms with E-state index in [2.05, 4.69) is 4.18 Å². The zero-order valence-corrected chi connectivity index (χ0v) is 15.9. The lowest BCUT2D eigenvalue weighted by molar-refractivity contribution is -0.0499. The van der Waals surface area contributed by atoms with Crippen LogP contribution in [0, 0.1) is 20.8 Å². The van der Waals surface area contributed by atoms with E-state index in [0.717, 1.165) is 23.3 Å². The Morgan fingerprint density at radius 2 is 1.54 bits per heavy atom. The fraction of sp³-hybridized carbons (Fsp3) is 0.211. The molecule has 0 spiro atoms. The zero-order chi connectivity index (χ0) is 20.9. The second-order valence-electron chi connectivity index (χ2n) is 6.45. The second-order valence-corrected chi connectivity index (χ2v) is 7.99. The van der Waals surface area contributed by atoms with E-state index < -0.39 is 27.0 Å². The van der Waals surface area contributed by atoms with E-state index >= 15 is 0 Å². The largest absolute Gasteiger partial charge is 0.534 e. The van der Waals surface area contributed by atoms with E-state index in [1.807, 2.05) is 6.07 Å². The predicted octanol–water partition coefficient (Wildman–Crippen LogP) is 4.61. The number of benzene rings is 2. The molecule has 1 heterocycles. The molecule has 1 aromatic heterocycles. The van der Waals surface area contributed by atoms with Crippen LogP contribution in [0.4, 0.5) is 13.2 Å². The number of rotatable bonds is 3. The topological polar surface area (TPSA) is 73.6 Å². The first-order valence-electron chi connectivity index (χ1n) is 8.05. The SMILES string of the molecule is Cc1cc(C)cc(-c2cc3oc(=O)cc(C)c3cc2OS(=O)(=O)C(F)(F)F)c1. The van der Waals surface area contributed by atoms with Crippen LogP contribution in [0.1, 0.15) is 16.7 Å². The van der Waals surface area contributed by atoms with E-state index in [4.69, 9.17) is 4.42 Å². The van der Waals surface area contributed by atoms with Gasteiger partial charge in [-0.3, -0.25) is 0 Å². The van der Waals surface area contributed by atoms with E-state index in [1.54, 1.807) is 32.9 Å². The van der Waals surface area contributed by atoms with Crippen molar-refractivity contribution in [1.29, 1.82) is 0 Å². The average Bonchev–Trinajstić information content (AvgIpc) is 2.52. The first-order chi connectivity index (χ1) is 12.9. The van der Waals surface area contributed by atoms with Gasteiger partial charge in [0.2, 0.25) is 0 Å². The minimum atomic E-state index is -5.88. The van der Waals surface area contributed by atoms with Gasteiger partial charge in [-0.1, -0.05) is 29.3 Å². The lowest BCUT2D eigenvalue weighted by atomic mass is 9.98. The molecule has 5 nitrogen and oxygen atoms in total. The second kappa shape index (κ2) is 6.66. The summed E-state index contributed by atoms with van der Waals surface area (Å²) in [5.41, 5.74) is -3.59. The summed E-state index contributed by atoms with van der Waals surface area (Å²) < 4.78 is 71.3. The third kappa shape index (κ3) is 3.75. The molecule has 0 radical (unpaired) electrons. The highest BCUT2D eigenvalue weighted by Gasteiger charge is 2.48. The van der Waals surface area contributed by atoms with Crippen molar-refractivity contribution < 1.29 is 30.2 Å². The van der Waals surface area contributed by atoms with Crippen LogP contribution < -0.4 is 9.81 Å². The van der Waals surface area contributed by atoms with Crippen molar-refractivity contribution in [3.05, 3.63) is 63.5 Å². The van der Waals surface area contributed by atoms with Gasteiger partial charge < -0.3 is 8.60 Å². The maximum Gasteiger partial charge on any atom is 0.534 e. The number of hydrogen-bond donors (Lipinski definition) is 0. The van der Waals surface area contributed by atoms with Crippen molar-refractivity contribution in [2.45, 2.75) is 26.3 Å². The van der Waals surface area contributed by atoms with Crippen LogP contribution in [0.2, 0.25) is 0 Å². The molecule has 0 fully saturated rings. The summed E-state index contributed by atoms with van der Waals surface area (Å²) in [7, 11) is -5.88. The van der Waals surface area contributed by atoms with Gasteiger partial charge in [0.05, 0.1) is 0 Å². The standard InChI is InChI=1S/C19H15F3O5S/c1-10-4-11(2)6-13(5-10)15-9-16-14(12(3)7-18(23)26-16)8-17(15)27-28(24,25)19(20,21)22/h4-9H,1-3H3. The van der Waals surface area contributed by atoms with E-state index in [1.165, 1.54) is 6.07 Å². The van der Waals surface area contributed by atoms with Crippen LogP contribution in [0.15, 0.2) is 45.6 Å². The van der Waals surface area contributed by atoms with Crippen LogP contribution in [0.3, 0.4) is 0 Å². The predicted molar refractivity (Wildman–Crippen MR) is 97.7 cm³/mol. The molecule has 2 aromatic carbocycles. The van der Waals surface area contributed by atoms with E-state index in [9.17, 15) is 26.4 Å². The maximum absolute atomic E-state index is 12.9. The molecule has 3 aromatic rings. The number of aryl methyl sites for hydroxylation is 3. The number of hydrogen-bond acceptors (Lipinski definition) is 5. The molecular formula is C19H15F3O5S. The van der Waals surface area contributed by atoms with Gasteiger partial charge in [-0.05, 0) is 44.0 Å². The Hall–Kier alpha value is -2.81. The molecule has 0 aliphatic rings. The van der Waals surface area contributed by atoms with Gasteiger partial charge in [-0.25, -0.2) is 4.79 Å². The van der Waals surface area contributed by atoms with Gasteiger partial charge in [0.25, 0.3) is 0 Å². The van der Waals surface area contributed by atoms with Gasteiger partial charge in [-0.15, -0.1) is 0 Å². The average molecular weight is 412 g/mol. The third-order valence-corrected chi connectivity index (χ3v) is 5.03. The van der Waals surface area contributed by atoms with E-state index in [-0.39, 0.29) is 16.5 Å². The van der Waals surface area contributed by atoms with Crippen LogP contribution in [0.5, 0.6) is 5.75 Å². The third-order valence-electron chi connectivity index (χ3n) is 4.07. The van der Waals surface area contributed by atoms with Gasteiger partial charge in [0.15, 0.2) is 5.75 Å². The lowest BCUT2D eigenvalue weighted by Crippen LogP contribution is -2.28. The summed E-state index contributed by atoms with van der Waals surface area (Å²) in [6.45, 7) is 5.13. The molecule has 0 bridgehead atoms. The molecule has 0 atom stereocenters. The van der Waals surface area contributed by atoms with Crippen molar-refractivity contribution in [1.82, 2.24) is 0 Å². The molecule has 0 unspecified atom stereocenters. The number of halogens is 3. The smallest absolute Gasteiger partial charge is 0.423 e. The minimum absolute atomic E-state index is 0.0564. The highest BCUT2D eigenvalue weighted by atomic mass is 32.2. The summed E-state index contributed by atoms with van der Waals surface area (Å²) in [6, 6.07) is 8.76. The Morgan fingerprint density at radius 1 is 0.929 bits per heavy atom. The first kappa shape index (κ1) is 19.9. The highest BCUT2D eigenvalue weighted by molar-refractivity contribution is 7.88. The molecule has 3 rings (SSSR count). The highest BCUT2D eigenvalue weighted by Crippen LogP contribution is 2.38. The molecule has 0 amide bonds. The van der Waals surface area contributed by atoms with Gasteiger partial charge in [-0.2, -0.15) is 21.6 Å². The van der Waals surface area contributed by atoms with Gasteiger partial charge in [0.1, 0.15) is 5.58 Å². The Balaban J connectivity index is 2.35. The minimum Gasteiger partial charge on any atom is -0.423 e. The molecular weight excluding hydrogens is 397 g/mol. The van der Waals surface area contributed by atoms with Gasteiger partial charge in [0, 0.05) is 17.0 Å². The monoisotopic (exact) mass is 412 g/mol. The molecule has 9 heteroatoms. The van der Waals surface area contributed by atoms with Crippen molar-refractivity contribution in [3.8, 4) is 16.9 Å². The zero-order valence-electron chi connectivity index (χ0n) is 15.0. The fourth-order valence-corrected chi connectivity index (χ4v) is 3.40. The molecule has 0 aliphatic carbocycles. The summed E-state index contributed by atoms with van der Waals surface area (Å²) in [6.07, 6.45) is 0. The molecule has 0 aliphatic heterocycles. The van der Waals surface area contributed by atoms with Crippen LogP contribution in [-0.4, -0.2) is 13.9 Å². The van der Waals surface area contributed by atoms with E-state index in [0.29, 0.717) is 11.1 Å². The Kier molecular flexibility index (Phi) is 4.74. The molecule has 0 N–H and O–H groups in total. The fourth-order valence-electron chi connectivity index (χ4n) is 2.94. The first-order valence-corrected chi connectivity index (χ1v) is 9.46. The molecule has 28 heavy (non-hydrogen) atoms. The molecule has 0 saturated carbocycles. The quantitative estimate of drug-likeness (QED) is 0.357. The van der Waals surface area contributed by atoms with Crippen LogP contribution >= 0.6 is 0 Å². The summed E-state index contributed by atoms with van der Waals surface area (Å²) >= 11 is 0. The van der Waals surface area contributed by atoms with Crippen molar-refractivity contribution in [3.63, 3.8) is 0 Å². The number of fused-ring (bicyclic) bond motifs is 1. The van der Waals surface area contributed by atoms with Crippen LogP contribution in [0.25, 0.3) is 22.1 Å². The van der Waals surface area contributed by atoms with Gasteiger partial charge >= 0.3 is 21.3 Å². The Bertz CT molecular complexity index is 1220. The Labute approximate surface area is 158 Å². The maximum atomic E-state index is 12.9. The molecule has 148 valence electrons. The number of alkyl halides is 3. The summed E-state index contributed by atoms with van der Waals surface area (Å²) in [4.78, 5) is 11.7. The van der Waals surface area contributed by atoms with Crippen molar-refractivity contribution in [2.24, 2.45) is 0 Å². The van der Waals surface area contributed by atoms with Crippen molar-refractivity contribution in [2.75, 3.05) is 0 Å². The summed E-state index contributed by atoms with van der Waals surface area (Å²) in [5, 5.41) is 0.264. The Morgan fingerprint density at radius 3 is 2.11 bits per heavy atom. The lowest BCUT2D eigenvalue weighted by Gasteiger charge is -2.15.